The normalized spacial score (nSPS) is 19.1. The lowest BCUT2D eigenvalue weighted by Crippen LogP contribution is -2.48. The Hall–Kier alpha value is -2.95. The summed E-state index contributed by atoms with van der Waals surface area (Å²) in [6, 6.07) is 17.6. The van der Waals surface area contributed by atoms with Crippen molar-refractivity contribution in [3.8, 4) is 0 Å². The van der Waals surface area contributed by atoms with Crippen LogP contribution in [-0.4, -0.2) is 30.7 Å². The molecule has 1 aliphatic carbocycles. The summed E-state index contributed by atoms with van der Waals surface area (Å²) in [5.74, 6) is 0.359. The van der Waals surface area contributed by atoms with Crippen LogP contribution in [0, 0.1) is 11.8 Å². The molecule has 0 unspecified atom stereocenters. The second-order valence-electron chi connectivity index (χ2n) is 9.04. The Morgan fingerprint density at radius 3 is 2.53 bits per heavy atom. The van der Waals surface area contributed by atoms with E-state index < -0.39 is 6.17 Å². The molecular formula is C27H33N3O2. The highest BCUT2D eigenvalue weighted by Crippen LogP contribution is 2.37. The van der Waals surface area contributed by atoms with E-state index in [9.17, 15) is 9.59 Å². The van der Waals surface area contributed by atoms with Crippen LogP contribution in [0.15, 0.2) is 59.6 Å². The van der Waals surface area contributed by atoms with E-state index in [0.717, 1.165) is 54.6 Å². The van der Waals surface area contributed by atoms with Gasteiger partial charge < -0.3 is 10.2 Å². The molecule has 1 aliphatic heterocycles. The van der Waals surface area contributed by atoms with Gasteiger partial charge in [0, 0.05) is 24.1 Å². The van der Waals surface area contributed by atoms with E-state index in [2.05, 4.69) is 12.2 Å². The molecule has 32 heavy (non-hydrogen) atoms. The van der Waals surface area contributed by atoms with Crippen molar-refractivity contribution in [3.05, 3.63) is 65.7 Å². The highest BCUT2D eigenvalue weighted by Gasteiger charge is 2.34. The molecule has 0 saturated heterocycles. The molecule has 0 spiro atoms. The molecule has 0 bridgehead atoms. The Kier molecular flexibility index (Phi) is 7.03. The second-order valence-corrected chi connectivity index (χ2v) is 9.04. The number of fused-ring (bicyclic) bond motifs is 1. The quantitative estimate of drug-likeness (QED) is 0.572. The SMILES string of the molecule is CCCCC[C@@H](CC1CC1)C(=O)N[C@H]1N=C(c2ccccc2)c2ccccc2N(C)C1=O. The van der Waals surface area contributed by atoms with Crippen molar-refractivity contribution < 1.29 is 9.59 Å². The number of para-hydroxylation sites is 1. The fraction of sp³-hybridized carbons (Fsp3) is 0.444. The van der Waals surface area contributed by atoms with Crippen LogP contribution in [0.4, 0.5) is 5.69 Å². The molecule has 2 aromatic rings. The Balaban J connectivity index is 1.63. The van der Waals surface area contributed by atoms with Crippen LogP contribution in [0.1, 0.15) is 63.0 Å². The molecular weight excluding hydrogens is 398 g/mol. The molecule has 1 heterocycles. The Morgan fingerprint density at radius 2 is 1.81 bits per heavy atom. The lowest BCUT2D eigenvalue weighted by molar-refractivity contribution is -0.130. The van der Waals surface area contributed by atoms with Crippen LogP contribution in [0.25, 0.3) is 0 Å². The molecule has 5 heteroatoms. The largest absolute Gasteiger partial charge is 0.326 e. The van der Waals surface area contributed by atoms with Gasteiger partial charge in [0.25, 0.3) is 5.91 Å². The molecule has 4 rings (SSSR count). The minimum atomic E-state index is -0.928. The van der Waals surface area contributed by atoms with E-state index >= 15 is 0 Å². The third kappa shape index (κ3) is 5.09. The lowest BCUT2D eigenvalue weighted by Gasteiger charge is -2.23. The first-order valence-corrected chi connectivity index (χ1v) is 11.9. The molecule has 1 fully saturated rings. The number of hydrogen-bond acceptors (Lipinski definition) is 3. The zero-order valence-corrected chi connectivity index (χ0v) is 19.1. The number of nitrogens with zero attached hydrogens (tertiary/aromatic N) is 2. The van der Waals surface area contributed by atoms with Gasteiger partial charge in [0.2, 0.25) is 12.1 Å². The van der Waals surface area contributed by atoms with E-state index in [-0.39, 0.29) is 17.7 Å². The van der Waals surface area contributed by atoms with E-state index in [4.69, 9.17) is 4.99 Å². The van der Waals surface area contributed by atoms with Crippen LogP contribution >= 0.6 is 0 Å². The number of benzene rings is 2. The van der Waals surface area contributed by atoms with E-state index in [0.29, 0.717) is 5.92 Å². The standard InChI is InChI=1S/C27H33N3O2/c1-3-4-6-13-21(18-19-16-17-19)26(31)29-25-27(32)30(2)23-15-10-9-14-22(23)24(28-25)20-11-7-5-8-12-20/h5,7-12,14-15,19,21,25H,3-4,6,13,16-18H2,1-2H3,(H,29,31)/t21-,25+/m0/s1. The number of anilines is 1. The number of benzodiazepines with no additional fused rings is 1. The first kappa shape index (κ1) is 22.3. The number of aliphatic imine (C=N–C) groups is 1. The maximum absolute atomic E-state index is 13.3. The summed E-state index contributed by atoms with van der Waals surface area (Å²) in [4.78, 5) is 33.1. The van der Waals surface area contributed by atoms with Crippen molar-refractivity contribution in [2.24, 2.45) is 16.8 Å². The van der Waals surface area contributed by atoms with Gasteiger partial charge in [-0.2, -0.15) is 0 Å². The topological polar surface area (TPSA) is 61.8 Å². The van der Waals surface area contributed by atoms with Crippen molar-refractivity contribution in [2.45, 2.75) is 58.0 Å². The van der Waals surface area contributed by atoms with Gasteiger partial charge >= 0.3 is 0 Å². The second kappa shape index (κ2) is 10.1. The Bertz CT molecular complexity index is 981. The summed E-state index contributed by atoms with van der Waals surface area (Å²) in [5, 5.41) is 3.02. The van der Waals surface area contributed by atoms with Gasteiger partial charge in [-0.15, -0.1) is 0 Å². The first-order chi connectivity index (χ1) is 15.6. The van der Waals surface area contributed by atoms with Crippen LogP contribution in [0.3, 0.4) is 0 Å². The minimum Gasteiger partial charge on any atom is -0.326 e. The number of unbranched alkanes of at least 4 members (excludes halogenated alkanes) is 2. The van der Waals surface area contributed by atoms with Crippen molar-refractivity contribution >= 4 is 23.2 Å². The molecule has 0 radical (unpaired) electrons. The van der Waals surface area contributed by atoms with Gasteiger partial charge in [-0.05, 0) is 24.8 Å². The number of amides is 2. The summed E-state index contributed by atoms with van der Waals surface area (Å²) in [5.41, 5.74) is 3.35. The minimum absolute atomic E-state index is 0.0399. The lowest BCUT2D eigenvalue weighted by atomic mass is 9.94. The number of nitrogens with one attached hydrogen (secondary N) is 1. The number of carbonyl (C=O) groups excluding carboxylic acids is 2. The first-order valence-electron chi connectivity index (χ1n) is 11.9. The molecule has 5 nitrogen and oxygen atoms in total. The maximum atomic E-state index is 13.3. The van der Waals surface area contributed by atoms with Crippen LogP contribution < -0.4 is 10.2 Å². The van der Waals surface area contributed by atoms with Gasteiger partial charge in [-0.25, -0.2) is 4.99 Å². The molecule has 2 atom stereocenters. The Labute approximate surface area is 190 Å². The number of hydrogen-bond donors (Lipinski definition) is 1. The zero-order valence-electron chi connectivity index (χ0n) is 19.1. The fourth-order valence-electron chi connectivity index (χ4n) is 4.45. The third-order valence-corrected chi connectivity index (χ3v) is 6.51. The fourth-order valence-corrected chi connectivity index (χ4v) is 4.45. The van der Waals surface area contributed by atoms with Crippen molar-refractivity contribution in [2.75, 3.05) is 11.9 Å². The van der Waals surface area contributed by atoms with E-state index in [1.54, 1.807) is 11.9 Å². The van der Waals surface area contributed by atoms with Crippen LogP contribution in [0.2, 0.25) is 0 Å². The predicted molar refractivity (Wildman–Crippen MR) is 129 cm³/mol. The number of rotatable bonds is 9. The maximum Gasteiger partial charge on any atom is 0.272 e. The zero-order chi connectivity index (χ0) is 22.5. The number of likely N-dealkylation sites (N-methyl/N-ethyl adjacent to an activating group) is 1. The molecule has 168 valence electrons. The van der Waals surface area contributed by atoms with E-state index in [1.165, 1.54) is 12.8 Å². The van der Waals surface area contributed by atoms with Gasteiger partial charge in [0.1, 0.15) is 0 Å². The third-order valence-electron chi connectivity index (χ3n) is 6.51. The summed E-state index contributed by atoms with van der Waals surface area (Å²) in [7, 11) is 1.76. The van der Waals surface area contributed by atoms with E-state index in [1.807, 2.05) is 54.6 Å². The van der Waals surface area contributed by atoms with Gasteiger partial charge in [-0.1, -0.05) is 87.6 Å². The summed E-state index contributed by atoms with van der Waals surface area (Å²) in [6.45, 7) is 2.17. The highest BCUT2D eigenvalue weighted by molar-refractivity contribution is 6.20. The summed E-state index contributed by atoms with van der Waals surface area (Å²) < 4.78 is 0. The predicted octanol–water partition coefficient (Wildman–Crippen LogP) is 4.94. The van der Waals surface area contributed by atoms with Crippen molar-refractivity contribution in [1.82, 2.24) is 5.32 Å². The van der Waals surface area contributed by atoms with Crippen LogP contribution in [-0.2, 0) is 9.59 Å². The van der Waals surface area contributed by atoms with Crippen LogP contribution in [0.5, 0.6) is 0 Å². The monoisotopic (exact) mass is 431 g/mol. The smallest absolute Gasteiger partial charge is 0.272 e. The Morgan fingerprint density at radius 1 is 1.09 bits per heavy atom. The van der Waals surface area contributed by atoms with Crippen molar-refractivity contribution in [3.63, 3.8) is 0 Å². The average Bonchev–Trinajstić information content (AvgIpc) is 3.65. The van der Waals surface area contributed by atoms with Gasteiger partial charge in [0.05, 0.1) is 11.4 Å². The molecule has 1 saturated carbocycles. The molecule has 0 aromatic heterocycles. The van der Waals surface area contributed by atoms with Crippen molar-refractivity contribution in [1.29, 1.82) is 0 Å². The summed E-state index contributed by atoms with van der Waals surface area (Å²) in [6.07, 6.45) is 6.61. The molecule has 2 amide bonds. The van der Waals surface area contributed by atoms with Gasteiger partial charge in [0.15, 0.2) is 0 Å². The number of carbonyl (C=O) groups is 2. The highest BCUT2D eigenvalue weighted by atomic mass is 16.2. The average molecular weight is 432 g/mol. The summed E-state index contributed by atoms with van der Waals surface area (Å²) >= 11 is 0. The molecule has 2 aliphatic rings. The molecule has 2 aromatic carbocycles. The van der Waals surface area contributed by atoms with Gasteiger partial charge in [-0.3, -0.25) is 9.59 Å². The molecule has 1 N–H and O–H groups in total.